The number of hydrogen-bond acceptors (Lipinski definition) is 4. The van der Waals surface area contributed by atoms with Crippen molar-refractivity contribution in [3.63, 3.8) is 0 Å². The second kappa shape index (κ2) is 9.76. The van der Waals surface area contributed by atoms with Gasteiger partial charge in [0.25, 0.3) is 0 Å². The Balaban J connectivity index is 1.62. The Labute approximate surface area is 171 Å². The number of rotatable bonds is 7. The molecule has 2 amide bonds. The summed E-state index contributed by atoms with van der Waals surface area (Å²) in [5.41, 5.74) is 0.776. The zero-order valence-electron chi connectivity index (χ0n) is 17.0. The molecule has 1 N–H and O–H groups in total. The fourth-order valence-electron chi connectivity index (χ4n) is 4.45. The topological polar surface area (TPSA) is 87.2 Å². The molecular weight excluding hydrogens is 372 g/mol. The summed E-state index contributed by atoms with van der Waals surface area (Å²) in [6.45, 7) is 0.983. The standard InChI is InChI=1S/C22H30N2O5/c1-29-19-9-5-4-8-18(19)14-24(15-20(25)26)22(28)17-10-12-23(13-11-17)21(27)16-6-2-3-7-16/h4-5,8-9,16-17H,2-3,6-7,10-15H2,1H3,(H,25,26). The molecule has 0 radical (unpaired) electrons. The van der Waals surface area contributed by atoms with E-state index in [1.54, 1.807) is 13.2 Å². The highest BCUT2D eigenvalue weighted by molar-refractivity contribution is 5.84. The van der Waals surface area contributed by atoms with Crippen LogP contribution >= 0.6 is 0 Å². The number of aliphatic carboxylic acids is 1. The third-order valence-electron chi connectivity index (χ3n) is 6.05. The molecule has 1 aromatic carbocycles. The van der Waals surface area contributed by atoms with Crippen LogP contribution in [0.2, 0.25) is 0 Å². The van der Waals surface area contributed by atoms with Crippen LogP contribution in [0, 0.1) is 11.8 Å². The first-order chi connectivity index (χ1) is 14.0. The number of carboxylic acids is 1. The quantitative estimate of drug-likeness (QED) is 0.757. The molecule has 7 heteroatoms. The maximum atomic E-state index is 13.1. The van der Waals surface area contributed by atoms with Gasteiger partial charge < -0.3 is 19.6 Å². The number of carboxylic acid groups (broad SMARTS) is 1. The number of ether oxygens (including phenoxy) is 1. The summed E-state index contributed by atoms with van der Waals surface area (Å²) in [4.78, 5) is 40.3. The first kappa shape index (κ1) is 21.1. The van der Waals surface area contributed by atoms with Gasteiger partial charge in [-0.25, -0.2) is 0 Å². The lowest BCUT2D eigenvalue weighted by molar-refractivity contribution is -0.148. The molecule has 3 rings (SSSR count). The number of likely N-dealkylation sites (tertiary alicyclic amines) is 1. The maximum Gasteiger partial charge on any atom is 0.323 e. The maximum absolute atomic E-state index is 13.1. The number of piperidine rings is 1. The summed E-state index contributed by atoms with van der Waals surface area (Å²) in [5, 5.41) is 9.29. The van der Waals surface area contributed by atoms with Gasteiger partial charge in [0.15, 0.2) is 0 Å². The summed E-state index contributed by atoms with van der Waals surface area (Å²) >= 11 is 0. The minimum Gasteiger partial charge on any atom is -0.496 e. The summed E-state index contributed by atoms with van der Waals surface area (Å²) in [6.07, 6.45) is 5.36. The van der Waals surface area contributed by atoms with Crippen LogP contribution in [0.25, 0.3) is 0 Å². The molecule has 2 fully saturated rings. The highest BCUT2D eigenvalue weighted by atomic mass is 16.5. The molecule has 158 valence electrons. The zero-order valence-corrected chi connectivity index (χ0v) is 17.0. The normalized spacial score (nSPS) is 17.9. The Morgan fingerprint density at radius 1 is 1.07 bits per heavy atom. The number of carbonyl (C=O) groups excluding carboxylic acids is 2. The number of nitrogens with zero attached hydrogens (tertiary/aromatic N) is 2. The number of amides is 2. The number of para-hydroxylation sites is 1. The Kier molecular flexibility index (Phi) is 7.12. The van der Waals surface area contributed by atoms with Crippen LogP contribution in [0.1, 0.15) is 44.1 Å². The monoisotopic (exact) mass is 402 g/mol. The van der Waals surface area contributed by atoms with Gasteiger partial charge >= 0.3 is 5.97 Å². The van der Waals surface area contributed by atoms with Crippen LogP contribution < -0.4 is 4.74 Å². The Hall–Kier alpha value is -2.57. The lowest BCUT2D eigenvalue weighted by Gasteiger charge is -2.35. The molecule has 0 atom stereocenters. The second-order valence-electron chi connectivity index (χ2n) is 7.98. The van der Waals surface area contributed by atoms with Gasteiger partial charge in [-0.15, -0.1) is 0 Å². The highest BCUT2D eigenvalue weighted by Crippen LogP contribution is 2.29. The molecular formula is C22H30N2O5. The van der Waals surface area contributed by atoms with Crippen molar-refractivity contribution in [3.05, 3.63) is 29.8 Å². The summed E-state index contributed by atoms with van der Waals surface area (Å²) < 4.78 is 5.34. The SMILES string of the molecule is COc1ccccc1CN(CC(=O)O)C(=O)C1CCN(C(=O)C2CCCC2)CC1. The fourth-order valence-corrected chi connectivity index (χ4v) is 4.45. The van der Waals surface area contributed by atoms with E-state index in [0.29, 0.717) is 31.7 Å². The van der Waals surface area contributed by atoms with E-state index in [1.165, 1.54) is 4.90 Å². The van der Waals surface area contributed by atoms with Crippen LogP contribution in [-0.2, 0) is 20.9 Å². The molecule has 0 spiro atoms. The van der Waals surface area contributed by atoms with E-state index in [4.69, 9.17) is 4.74 Å². The molecule has 1 aliphatic carbocycles. The van der Waals surface area contributed by atoms with Crippen LogP contribution in [0.5, 0.6) is 5.75 Å². The van der Waals surface area contributed by atoms with Crippen molar-refractivity contribution in [1.29, 1.82) is 0 Å². The van der Waals surface area contributed by atoms with E-state index in [1.807, 2.05) is 23.1 Å². The van der Waals surface area contributed by atoms with E-state index < -0.39 is 5.97 Å². The van der Waals surface area contributed by atoms with Gasteiger partial charge in [-0.1, -0.05) is 31.0 Å². The molecule has 1 aliphatic heterocycles. The van der Waals surface area contributed by atoms with Crippen molar-refractivity contribution in [3.8, 4) is 5.75 Å². The molecule has 0 bridgehead atoms. The summed E-state index contributed by atoms with van der Waals surface area (Å²) in [6, 6.07) is 7.31. The predicted molar refractivity (Wildman–Crippen MR) is 107 cm³/mol. The number of hydrogen-bond donors (Lipinski definition) is 1. The van der Waals surface area contributed by atoms with Crippen molar-refractivity contribution in [1.82, 2.24) is 9.80 Å². The molecule has 1 heterocycles. The number of methoxy groups -OCH3 is 1. The largest absolute Gasteiger partial charge is 0.496 e. The Morgan fingerprint density at radius 3 is 2.34 bits per heavy atom. The van der Waals surface area contributed by atoms with E-state index >= 15 is 0 Å². The van der Waals surface area contributed by atoms with Gasteiger partial charge in [-0.3, -0.25) is 14.4 Å². The van der Waals surface area contributed by atoms with E-state index in [0.717, 1.165) is 31.2 Å². The average Bonchev–Trinajstić information content (AvgIpc) is 3.27. The van der Waals surface area contributed by atoms with E-state index in [9.17, 15) is 19.5 Å². The van der Waals surface area contributed by atoms with Gasteiger partial charge in [0.05, 0.1) is 7.11 Å². The van der Waals surface area contributed by atoms with Gasteiger partial charge in [-0.2, -0.15) is 0 Å². The molecule has 0 unspecified atom stereocenters. The molecule has 7 nitrogen and oxygen atoms in total. The lowest BCUT2D eigenvalue weighted by atomic mass is 9.93. The molecule has 1 saturated heterocycles. The number of benzene rings is 1. The summed E-state index contributed by atoms with van der Waals surface area (Å²) in [7, 11) is 1.55. The minimum absolute atomic E-state index is 0.149. The van der Waals surface area contributed by atoms with Gasteiger partial charge in [0.2, 0.25) is 11.8 Å². The van der Waals surface area contributed by atoms with Crippen LogP contribution in [0.15, 0.2) is 24.3 Å². The Morgan fingerprint density at radius 2 is 1.72 bits per heavy atom. The third-order valence-corrected chi connectivity index (χ3v) is 6.05. The lowest BCUT2D eigenvalue weighted by Crippen LogP contribution is -2.46. The first-order valence-corrected chi connectivity index (χ1v) is 10.4. The third kappa shape index (κ3) is 5.28. The van der Waals surface area contributed by atoms with Gasteiger partial charge in [-0.05, 0) is 31.7 Å². The van der Waals surface area contributed by atoms with Gasteiger partial charge in [0, 0.05) is 37.0 Å². The Bertz CT molecular complexity index is 736. The number of carbonyl (C=O) groups is 3. The molecule has 1 aromatic rings. The van der Waals surface area contributed by atoms with E-state index in [-0.39, 0.29) is 36.7 Å². The van der Waals surface area contributed by atoms with Crippen molar-refractivity contribution in [2.45, 2.75) is 45.1 Å². The molecule has 2 aliphatic rings. The van der Waals surface area contributed by atoms with Crippen molar-refractivity contribution in [2.75, 3.05) is 26.7 Å². The van der Waals surface area contributed by atoms with Crippen molar-refractivity contribution in [2.24, 2.45) is 11.8 Å². The van der Waals surface area contributed by atoms with Crippen LogP contribution in [-0.4, -0.2) is 59.4 Å². The van der Waals surface area contributed by atoms with Crippen molar-refractivity contribution < 1.29 is 24.2 Å². The van der Waals surface area contributed by atoms with E-state index in [2.05, 4.69) is 0 Å². The summed E-state index contributed by atoms with van der Waals surface area (Å²) in [5.74, 6) is -0.446. The van der Waals surface area contributed by atoms with Crippen molar-refractivity contribution >= 4 is 17.8 Å². The minimum atomic E-state index is -1.04. The highest BCUT2D eigenvalue weighted by Gasteiger charge is 2.34. The molecule has 29 heavy (non-hydrogen) atoms. The zero-order chi connectivity index (χ0) is 20.8. The molecule has 0 aromatic heterocycles. The van der Waals surface area contributed by atoms with Crippen LogP contribution in [0.4, 0.5) is 0 Å². The fraction of sp³-hybridized carbons (Fsp3) is 0.591. The smallest absolute Gasteiger partial charge is 0.323 e. The van der Waals surface area contributed by atoms with Crippen LogP contribution in [0.3, 0.4) is 0 Å². The first-order valence-electron chi connectivity index (χ1n) is 10.4. The average molecular weight is 402 g/mol. The van der Waals surface area contributed by atoms with Gasteiger partial charge in [0.1, 0.15) is 12.3 Å². The predicted octanol–water partition coefficient (Wildman–Crippen LogP) is 2.54. The molecule has 1 saturated carbocycles. The second-order valence-corrected chi connectivity index (χ2v) is 7.98.